The van der Waals surface area contributed by atoms with E-state index in [4.69, 9.17) is 4.52 Å². The molecule has 19 heavy (non-hydrogen) atoms. The average Bonchev–Trinajstić information content (AvgIpc) is 2.89. The molecule has 6 heteroatoms. The molecule has 94 valence electrons. The van der Waals surface area contributed by atoms with Crippen LogP contribution in [0.1, 0.15) is 0 Å². The third-order valence-electron chi connectivity index (χ3n) is 2.56. The number of benzene rings is 1. The Morgan fingerprint density at radius 1 is 1.21 bits per heavy atom. The second kappa shape index (κ2) is 4.49. The van der Waals surface area contributed by atoms with E-state index in [9.17, 15) is 9.18 Å². The number of pyridine rings is 1. The van der Waals surface area contributed by atoms with Crippen molar-refractivity contribution in [2.45, 2.75) is 0 Å². The first-order valence-corrected chi connectivity index (χ1v) is 5.52. The minimum absolute atomic E-state index is 0.0983. The van der Waals surface area contributed by atoms with Gasteiger partial charge in [-0.25, -0.2) is 4.39 Å². The molecule has 0 atom stereocenters. The predicted molar refractivity (Wildman–Crippen MR) is 65.7 cm³/mol. The Labute approximate surface area is 106 Å². The molecule has 0 fully saturated rings. The predicted octanol–water partition coefficient (Wildman–Crippen LogP) is 2.23. The monoisotopic (exact) mass is 257 g/mol. The number of rotatable bonds is 2. The van der Waals surface area contributed by atoms with Crippen molar-refractivity contribution in [3.8, 4) is 22.8 Å². The maximum atomic E-state index is 13.1. The number of hydrogen-bond donors (Lipinski definition) is 1. The van der Waals surface area contributed by atoms with E-state index in [1.807, 2.05) is 0 Å². The van der Waals surface area contributed by atoms with Crippen LogP contribution in [-0.4, -0.2) is 15.1 Å². The van der Waals surface area contributed by atoms with E-state index in [1.165, 1.54) is 18.3 Å². The zero-order chi connectivity index (χ0) is 13.2. The molecule has 0 amide bonds. The van der Waals surface area contributed by atoms with Crippen molar-refractivity contribution < 1.29 is 8.91 Å². The van der Waals surface area contributed by atoms with Gasteiger partial charge in [0.15, 0.2) is 0 Å². The lowest BCUT2D eigenvalue weighted by Gasteiger charge is -1.93. The molecule has 2 heterocycles. The third kappa shape index (κ3) is 2.15. The number of H-pyrrole nitrogens is 1. The Hall–Kier alpha value is -2.76. The van der Waals surface area contributed by atoms with Gasteiger partial charge in [-0.05, 0) is 24.3 Å². The highest BCUT2D eigenvalue weighted by Crippen LogP contribution is 2.20. The van der Waals surface area contributed by atoms with E-state index in [0.29, 0.717) is 5.56 Å². The van der Waals surface area contributed by atoms with Gasteiger partial charge in [0, 0.05) is 11.8 Å². The highest BCUT2D eigenvalue weighted by atomic mass is 19.1. The Bertz CT molecular complexity index is 779. The first-order valence-electron chi connectivity index (χ1n) is 5.52. The standard InChI is InChI=1S/C13H8FN3O2/c14-9-4-1-3-8(7-9)11-16-13(19-17-11)10-5-2-6-15-12(10)18/h1-7H,(H,15,18). The summed E-state index contributed by atoms with van der Waals surface area (Å²) in [5.74, 6) is -0.0553. The van der Waals surface area contributed by atoms with Crippen molar-refractivity contribution in [3.05, 3.63) is 58.8 Å². The zero-order valence-corrected chi connectivity index (χ0v) is 9.63. The first kappa shape index (κ1) is 11.3. The summed E-state index contributed by atoms with van der Waals surface area (Å²) < 4.78 is 18.1. The van der Waals surface area contributed by atoms with Crippen molar-refractivity contribution in [2.75, 3.05) is 0 Å². The Morgan fingerprint density at radius 3 is 2.89 bits per heavy atom. The molecule has 0 unspecified atom stereocenters. The van der Waals surface area contributed by atoms with E-state index in [0.717, 1.165) is 0 Å². The van der Waals surface area contributed by atoms with Gasteiger partial charge in [0.25, 0.3) is 11.4 Å². The molecule has 5 nitrogen and oxygen atoms in total. The lowest BCUT2D eigenvalue weighted by molar-refractivity contribution is 0.432. The Balaban J connectivity index is 2.05. The van der Waals surface area contributed by atoms with Crippen LogP contribution < -0.4 is 5.56 Å². The molecule has 0 spiro atoms. The molecule has 3 rings (SSSR count). The quantitative estimate of drug-likeness (QED) is 0.764. The van der Waals surface area contributed by atoms with Crippen molar-refractivity contribution in [1.82, 2.24) is 15.1 Å². The van der Waals surface area contributed by atoms with Gasteiger partial charge in [-0.3, -0.25) is 4.79 Å². The molecule has 0 aliphatic rings. The molecular formula is C13H8FN3O2. The fourth-order valence-electron chi connectivity index (χ4n) is 1.67. The summed E-state index contributed by atoms with van der Waals surface area (Å²) in [7, 11) is 0. The molecular weight excluding hydrogens is 249 g/mol. The van der Waals surface area contributed by atoms with Gasteiger partial charge in [-0.2, -0.15) is 4.98 Å². The number of nitrogens with zero attached hydrogens (tertiary/aromatic N) is 2. The molecule has 2 aromatic heterocycles. The van der Waals surface area contributed by atoms with Crippen LogP contribution in [0.25, 0.3) is 22.8 Å². The van der Waals surface area contributed by atoms with Gasteiger partial charge in [0.2, 0.25) is 5.82 Å². The summed E-state index contributed by atoms with van der Waals surface area (Å²) in [6, 6.07) is 9.06. The molecule has 0 saturated carbocycles. The summed E-state index contributed by atoms with van der Waals surface area (Å²) in [6.07, 6.45) is 1.51. The number of nitrogens with one attached hydrogen (secondary N) is 1. The SMILES string of the molecule is O=c1[nH]cccc1-c1nc(-c2cccc(F)c2)no1. The number of halogens is 1. The van der Waals surface area contributed by atoms with Crippen LogP contribution in [0.3, 0.4) is 0 Å². The highest BCUT2D eigenvalue weighted by Gasteiger charge is 2.13. The number of aromatic amines is 1. The second-order valence-corrected chi connectivity index (χ2v) is 3.85. The van der Waals surface area contributed by atoms with E-state index < -0.39 is 0 Å². The largest absolute Gasteiger partial charge is 0.333 e. The van der Waals surface area contributed by atoms with Crippen LogP contribution in [0.5, 0.6) is 0 Å². The summed E-state index contributed by atoms with van der Waals surface area (Å²) in [5.41, 5.74) is 0.442. The van der Waals surface area contributed by atoms with E-state index in [-0.39, 0.29) is 28.7 Å². The van der Waals surface area contributed by atoms with Crippen molar-refractivity contribution in [3.63, 3.8) is 0 Å². The first-order chi connectivity index (χ1) is 9.24. The summed E-state index contributed by atoms with van der Waals surface area (Å²) >= 11 is 0. The van der Waals surface area contributed by atoms with Crippen LogP contribution in [0.4, 0.5) is 4.39 Å². The number of hydrogen-bond acceptors (Lipinski definition) is 4. The van der Waals surface area contributed by atoms with Gasteiger partial charge in [-0.15, -0.1) is 0 Å². The molecule has 0 saturated heterocycles. The number of aromatic nitrogens is 3. The van der Waals surface area contributed by atoms with Crippen LogP contribution in [0.15, 0.2) is 51.9 Å². The van der Waals surface area contributed by atoms with Gasteiger partial charge >= 0.3 is 0 Å². The van der Waals surface area contributed by atoms with Crippen LogP contribution in [0.2, 0.25) is 0 Å². The van der Waals surface area contributed by atoms with E-state index in [1.54, 1.807) is 24.3 Å². The van der Waals surface area contributed by atoms with Crippen LogP contribution in [0, 0.1) is 5.82 Å². The van der Waals surface area contributed by atoms with E-state index in [2.05, 4.69) is 15.1 Å². The van der Waals surface area contributed by atoms with E-state index >= 15 is 0 Å². The van der Waals surface area contributed by atoms with Gasteiger partial charge < -0.3 is 9.51 Å². The zero-order valence-electron chi connectivity index (χ0n) is 9.63. The second-order valence-electron chi connectivity index (χ2n) is 3.85. The summed E-state index contributed by atoms with van der Waals surface area (Å²) in [5, 5.41) is 3.74. The molecule has 0 aliphatic carbocycles. The van der Waals surface area contributed by atoms with Gasteiger partial charge in [0.05, 0.1) is 0 Å². The van der Waals surface area contributed by atoms with Crippen LogP contribution >= 0.6 is 0 Å². The maximum absolute atomic E-state index is 13.1. The molecule has 3 aromatic rings. The van der Waals surface area contributed by atoms with Crippen molar-refractivity contribution in [1.29, 1.82) is 0 Å². The minimum atomic E-state index is -0.388. The van der Waals surface area contributed by atoms with Crippen molar-refractivity contribution in [2.24, 2.45) is 0 Å². The molecule has 0 bridgehead atoms. The maximum Gasteiger partial charge on any atom is 0.263 e. The molecule has 0 radical (unpaired) electrons. The van der Waals surface area contributed by atoms with Gasteiger partial charge in [-0.1, -0.05) is 17.3 Å². The van der Waals surface area contributed by atoms with Gasteiger partial charge in [0.1, 0.15) is 11.4 Å². The average molecular weight is 257 g/mol. The molecule has 1 N–H and O–H groups in total. The smallest absolute Gasteiger partial charge is 0.263 e. The minimum Gasteiger partial charge on any atom is -0.333 e. The summed E-state index contributed by atoms with van der Waals surface area (Å²) in [6.45, 7) is 0. The lowest BCUT2D eigenvalue weighted by Crippen LogP contribution is -2.06. The lowest BCUT2D eigenvalue weighted by atomic mass is 10.2. The topological polar surface area (TPSA) is 71.8 Å². The third-order valence-corrected chi connectivity index (χ3v) is 2.56. The Morgan fingerprint density at radius 2 is 2.11 bits per heavy atom. The Kier molecular flexibility index (Phi) is 2.68. The fourth-order valence-corrected chi connectivity index (χ4v) is 1.67. The van der Waals surface area contributed by atoms with Crippen LogP contribution in [-0.2, 0) is 0 Å². The molecule has 0 aliphatic heterocycles. The fraction of sp³-hybridized carbons (Fsp3) is 0. The highest BCUT2D eigenvalue weighted by molar-refractivity contribution is 5.58. The molecule has 1 aromatic carbocycles. The van der Waals surface area contributed by atoms with Crippen molar-refractivity contribution >= 4 is 0 Å². The normalized spacial score (nSPS) is 10.6. The summed E-state index contributed by atoms with van der Waals surface area (Å²) in [4.78, 5) is 18.2.